The second-order valence-corrected chi connectivity index (χ2v) is 5.50. The molecule has 1 rings (SSSR count). The highest BCUT2D eigenvalue weighted by Gasteiger charge is 2.28. The third kappa shape index (κ3) is 4.10. The van der Waals surface area contributed by atoms with E-state index in [1.54, 1.807) is 0 Å². The molecule has 0 aliphatic rings. The average Bonchev–Trinajstić information content (AvgIpc) is 2.28. The highest BCUT2D eigenvalue weighted by Crippen LogP contribution is 2.24. The zero-order valence-corrected chi connectivity index (χ0v) is 11.5. The van der Waals surface area contributed by atoms with Crippen molar-refractivity contribution in [3.63, 3.8) is 0 Å². The van der Waals surface area contributed by atoms with E-state index in [1.807, 2.05) is 18.3 Å². The highest BCUT2D eigenvalue weighted by molar-refractivity contribution is 5.04. The van der Waals surface area contributed by atoms with Gasteiger partial charge >= 0.3 is 0 Å². The molecule has 1 aromatic rings. The Kier molecular flexibility index (Phi) is 5.09. The van der Waals surface area contributed by atoms with E-state index in [2.05, 4.69) is 43.6 Å². The van der Waals surface area contributed by atoms with Crippen molar-refractivity contribution < 1.29 is 0 Å². The third-order valence-electron chi connectivity index (χ3n) is 3.16. The molecule has 0 saturated carbocycles. The molecular formula is C14H25N3. The quantitative estimate of drug-likeness (QED) is 0.851. The highest BCUT2D eigenvalue weighted by atomic mass is 15.2. The van der Waals surface area contributed by atoms with Gasteiger partial charge in [0.15, 0.2) is 0 Å². The first-order chi connectivity index (χ1) is 7.99. The zero-order valence-electron chi connectivity index (χ0n) is 11.5. The minimum Gasteiger partial charge on any atom is -0.329 e. The van der Waals surface area contributed by atoms with Crippen molar-refractivity contribution >= 4 is 0 Å². The third-order valence-corrected chi connectivity index (χ3v) is 3.16. The summed E-state index contributed by atoms with van der Waals surface area (Å²) < 4.78 is 0. The second-order valence-electron chi connectivity index (χ2n) is 5.50. The van der Waals surface area contributed by atoms with Crippen LogP contribution in [0.3, 0.4) is 0 Å². The largest absolute Gasteiger partial charge is 0.329 e. The lowest BCUT2D eigenvalue weighted by Gasteiger charge is -2.39. The van der Waals surface area contributed by atoms with Gasteiger partial charge in [-0.1, -0.05) is 33.8 Å². The molecule has 0 aromatic carbocycles. The lowest BCUT2D eigenvalue weighted by molar-refractivity contribution is 0.102. The SMILES string of the molecule is CCN(Cc1ccccn1)C(CN)C(C)(C)C. The van der Waals surface area contributed by atoms with Crippen molar-refractivity contribution in [1.82, 2.24) is 9.88 Å². The molecule has 1 atom stereocenters. The summed E-state index contributed by atoms with van der Waals surface area (Å²) in [6, 6.07) is 6.43. The van der Waals surface area contributed by atoms with Crippen molar-refractivity contribution in [2.24, 2.45) is 11.1 Å². The van der Waals surface area contributed by atoms with Crippen LogP contribution in [0, 0.1) is 5.41 Å². The Balaban J connectivity index is 2.77. The number of hydrogen-bond donors (Lipinski definition) is 1. The van der Waals surface area contributed by atoms with Gasteiger partial charge in [0, 0.05) is 25.3 Å². The molecule has 3 heteroatoms. The second kappa shape index (κ2) is 6.12. The first kappa shape index (κ1) is 14.1. The molecule has 0 aliphatic carbocycles. The first-order valence-corrected chi connectivity index (χ1v) is 6.33. The van der Waals surface area contributed by atoms with Gasteiger partial charge in [0.25, 0.3) is 0 Å². The fourth-order valence-electron chi connectivity index (χ4n) is 2.19. The summed E-state index contributed by atoms with van der Waals surface area (Å²) in [5.74, 6) is 0. The summed E-state index contributed by atoms with van der Waals surface area (Å²) in [7, 11) is 0. The Morgan fingerprint density at radius 3 is 2.47 bits per heavy atom. The smallest absolute Gasteiger partial charge is 0.0544 e. The summed E-state index contributed by atoms with van der Waals surface area (Å²) in [5, 5.41) is 0. The van der Waals surface area contributed by atoms with Crippen LogP contribution in [0.2, 0.25) is 0 Å². The van der Waals surface area contributed by atoms with Crippen LogP contribution in [-0.4, -0.2) is 29.0 Å². The van der Waals surface area contributed by atoms with Crippen molar-refractivity contribution in [1.29, 1.82) is 0 Å². The van der Waals surface area contributed by atoms with Gasteiger partial charge in [0.1, 0.15) is 0 Å². The van der Waals surface area contributed by atoms with Gasteiger partial charge < -0.3 is 5.73 Å². The Morgan fingerprint density at radius 1 is 1.35 bits per heavy atom. The number of nitrogens with two attached hydrogens (primary N) is 1. The molecule has 96 valence electrons. The Bertz CT molecular complexity index is 316. The summed E-state index contributed by atoms with van der Waals surface area (Å²) >= 11 is 0. The average molecular weight is 235 g/mol. The molecule has 1 unspecified atom stereocenters. The van der Waals surface area contributed by atoms with Crippen LogP contribution in [0.1, 0.15) is 33.4 Å². The molecule has 0 bridgehead atoms. The number of rotatable bonds is 5. The molecule has 3 nitrogen and oxygen atoms in total. The van der Waals surface area contributed by atoms with Crippen LogP contribution in [0.5, 0.6) is 0 Å². The molecule has 0 fully saturated rings. The molecule has 0 amide bonds. The number of hydrogen-bond acceptors (Lipinski definition) is 3. The minimum absolute atomic E-state index is 0.194. The molecule has 0 radical (unpaired) electrons. The molecule has 1 aromatic heterocycles. The van der Waals surface area contributed by atoms with Gasteiger partial charge in [-0.3, -0.25) is 9.88 Å². The fourth-order valence-corrected chi connectivity index (χ4v) is 2.19. The van der Waals surface area contributed by atoms with Gasteiger partial charge in [-0.05, 0) is 24.1 Å². The van der Waals surface area contributed by atoms with E-state index >= 15 is 0 Å². The molecule has 17 heavy (non-hydrogen) atoms. The molecule has 0 spiro atoms. The number of pyridine rings is 1. The Morgan fingerprint density at radius 2 is 2.06 bits per heavy atom. The van der Waals surface area contributed by atoms with Crippen LogP contribution >= 0.6 is 0 Å². The summed E-state index contributed by atoms with van der Waals surface area (Å²) in [5.41, 5.74) is 7.23. The van der Waals surface area contributed by atoms with Crippen LogP contribution in [-0.2, 0) is 6.54 Å². The molecule has 1 heterocycles. The molecular weight excluding hydrogens is 210 g/mol. The fraction of sp³-hybridized carbons (Fsp3) is 0.643. The maximum atomic E-state index is 5.93. The summed E-state index contributed by atoms with van der Waals surface area (Å²) in [6.45, 7) is 11.5. The monoisotopic (exact) mass is 235 g/mol. The van der Waals surface area contributed by atoms with Gasteiger partial charge in [-0.2, -0.15) is 0 Å². The summed E-state index contributed by atoms with van der Waals surface area (Å²) in [6.07, 6.45) is 1.84. The molecule has 0 aliphatic heterocycles. The van der Waals surface area contributed by atoms with Gasteiger partial charge in [0.05, 0.1) is 5.69 Å². The summed E-state index contributed by atoms with van der Waals surface area (Å²) in [4.78, 5) is 6.79. The van der Waals surface area contributed by atoms with Crippen LogP contribution in [0.4, 0.5) is 0 Å². The van der Waals surface area contributed by atoms with E-state index < -0.39 is 0 Å². The number of likely N-dealkylation sites (N-methyl/N-ethyl adjacent to an activating group) is 1. The van der Waals surface area contributed by atoms with E-state index in [0.29, 0.717) is 12.6 Å². The van der Waals surface area contributed by atoms with Crippen molar-refractivity contribution in [3.8, 4) is 0 Å². The van der Waals surface area contributed by atoms with E-state index in [1.165, 1.54) is 0 Å². The van der Waals surface area contributed by atoms with Gasteiger partial charge in [-0.25, -0.2) is 0 Å². The Hall–Kier alpha value is -0.930. The standard InChI is InChI=1S/C14H25N3/c1-5-17(13(10-15)14(2,3)4)11-12-8-6-7-9-16-12/h6-9,13H,5,10-11,15H2,1-4H3. The predicted molar refractivity (Wildman–Crippen MR) is 72.6 cm³/mol. The zero-order chi connectivity index (χ0) is 12.9. The van der Waals surface area contributed by atoms with Crippen molar-refractivity contribution in [2.75, 3.05) is 13.1 Å². The van der Waals surface area contributed by atoms with E-state index in [9.17, 15) is 0 Å². The molecule has 2 N–H and O–H groups in total. The van der Waals surface area contributed by atoms with Gasteiger partial charge in [0.2, 0.25) is 0 Å². The van der Waals surface area contributed by atoms with Gasteiger partial charge in [-0.15, -0.1) is 0 Å². The Labute approximate surface area is 105 Å². The van der Waals surface area contributed by atoms with Crippen LogP contribution in [0.15, 0.2) is 24.4 Å². The van der Waals surface area contributed by atoms with Crippen LogP contribution in [0.25, 0.3) is 0 Å². The maximum Gasteiger partial charge on any atom is 0.0544 e. The van der Waals surface area contributed by atoms with E-state index in [0.717, 1.165) is 18.8 Å². The lowest BCUT2D eigenvalue weighted by Crippen LogP contribution is -2.48. The topological polar surface area (TPSA) is 42.2 Å². The minimum atomic E-state index is 0.194. The van der Waals surface area contributed by atoms with Crippen molar-refractivity contribution in [3.05, 3.63) is 30.1 Å². The number of nitrogens with zero attached hydrogens (tertiary/aromatic N) is 2. The number of aromatic nitrogens is 1. The predicted octanol–water partition coefficient (Wildman–Crippen LogP) is 2.28. The van der Waals surface area contributed by atoms with E-state index in [-0.39, 0.29) is 5.41 Å². The van der Waals surface area contributed by atoms with E-state index in [4.69, 9.17) is 5.73 Å². The molecule has 0 saturated heterocycles. The first-order valence-electron chi connectivity index (χ1n) is 6.33. The van der Waals surface area contributed by atoms with Crippen molar-refractivity contribution in [2.45, 2.75) is 40.3 Å². The normalized spacial score (nSPS) is 14.0. The lowest BCUT2D eigenvalue weighted by atomic mass is 9.85. The maximum absolute atomic E-state index is 5.93. The van der Waals surface area contributed by atoms with Crippen LogP contribution < -0.4 is 5.73 Å².